The van der Waals surface area contributed by atoms with Crippen molar-refractivity contribution in [3.05, 3.63) is 58.1 Å². The summed E-state index contributed by atoms with van der Waals surface area (Å²) < 4.78 is 11.5. The lowest BCUT2D eigenvalue weighted by molar-refractivity contribution is 0.355. The van der Waals surface area contributed by atoms with E-state index in [1.165, 1.54) is 0 Å². The predicted molar refractivity (Wildman–Crippen MR) is 87.2 cm³/mol. The molecule has 0 aliphatic carbocycles. The van der Waals surface area contributed by atoms with Crippen LogP contribution < -0.4 is 9.47 Å². The summed E-state index contributed by atoms with van der Waals surface area (Å²) in [5.74, 6) is 1.30. The maximum absolute atomic E-state index is 9.35. The fourth-order valence-corrected chi connectivity index (χ4v) is 2.18. The molecule has 0 saturated carbocycles. The summed E-state index contributed by atoms with van der Waals surface area (Å²) >= 11 is 3.39. The Morgan fingerprint density at radius 2 is 1.71 bits per heavy atom. The smallest absolute Gasteiger partial charge is 0.161 e. The molecule has 0 heterocycles. The number of hydrogen-bond acceptors (Lipinski definition) is 3. The van der Waals surface area contributed by atoms with Gasteiger partial charge in [-0.1, -0.05) is 34.1 Å². The normalized spacial score (nSPS) is 10.9. The van der Waals surface area contributed by atoms with Gasteiger partial charge in [-0.05, 0) is 41.5 Å². The van der Waals surface area contributed by atoms with Crippen molar-refractivity contribution in [3.8, 4) is 17.6 Å². The van der Waals surface area contributed by atoms with Gasteiger partial charge >= 0.3 is 0 Å². The highest BCUT2D eigenvalue weighted by molar-refractivity contribution is 9.10. The quantitative estimate of drug-likeness (QED) is 0.604. The molecule has 21 heavy (non-hydrogen) atoms. The van der Waals surface area contributed by atoms with Crippen LogP contribution in [0, 0.1) is 11.3 Å². The Labute approximate surface area is 132 Å². The second kappa shape index (κ2) is 6.96. The molecule has 0 spiro atoms. The topological polar surface area (TPSA) is 42.2 Å². The molecule has 0 radical (unpaired) electrons. The molecule has 0 bridgehead atoms. The van der Waals surface area contributed by atoms with Crippen LogP contribution in [0.15, 0.2) is 46.9 Å². The molecule has 0 aliphatic heterocycles. The Kier molecular flexibility index (Phi) is 5.02. The highest BCUT2D eigenvalue weighted by atomic mass is 79.9. The maximum atomic E-state index is 9.35. The standard InChI is InChI=1S/C17H14BrNO2/c1-20-16-8-3-12(10-17(16)21-2)9-14(11-19)13-4-6-15(18)7-5-13/h3-10H,1-2H3/b14-9+. The van der Waals surface area contributed by atoms with Crippen molar-refractivity contribution in [2.75, 3.05) is 14.2 Å². The largest absolute Gasteiger partial charge is 0.493 e. The molecule has 0 saturated heterocycles. The van der Waals surface area contributed by atoms with Crippen molar-refractivity contribution >= 4 is 27.6 Å². The predicted octanol–water partition coefficient (Wildman–Crippen LogP) is 4.53. The second-order valence-electron chi connectivity index (χ2n) is 4.29. The van der Waals surface area contributed by atoms with Gasteiger partial charge in [-0.25, -0.2) is 0 Å². The van der Waals surface area contributed by atoms with Crippen LogP contribution in [0.25, 0.3) is 11.6 Å². The lowest BCUT2D eigenvalue weighted by Crippen LogP contribution is -1.90. The molecular formula is C17H14BrNO2. The molecule has 2 rings (SSSR count). The summed E-state index contributed by atoms with van der Waals surface area (Å²) in [6, 6.07) is 15.4. The summed E-state index contributed by atoms with van der Waals surface area (Å²) in [5.41, 5.74) is 2.34. The van der Waals surface area contributed by atoms with E-state index in [1.54, 1.807) is 14.2 Å². The highest BCUT2D eigenvalue weighted by Crippen LogP contribution is 2.29. The number of rotatable bonds is 4. The minimum atomic E-state index is 0.592. The van der Waals surface area contributed by atoms with Gasteiger partial charge in [-0.3, -0.25) is 0 Å². The van der Waals surface area contributed by atoms with Crippen molar-refractivity contribution in [2.45, 2.75) is 0 Å². The van der Waals surface area contributed by atoms with Crippen LogP contribution >= 0.6 is 15.9 Å². The van der Waals surface area contributed by atoms with Gasteiger partial charge in [-0.15, -0.1) is 0 Å². The van der Waals surface area contributed by atoms with Crippen LogP contribution in [0.1, 0.15) is 11.1 Å². The maximum Gasteiger partial charge on any atom is 0.161 e. The number of nitrogens with zero attached hydrogens (tertiary/aromatic N) is 1. The number of methoxy groups -OCH3 is 2. The minimum Gasteiger partial charge on any atom is -0.493 e. The molecule has 2 aromatic rings. The Balaban J connectivity index is 2.41. The van der Waals surface area contributed by atoms with E-state index in [4.69, 9.17) is 9.47 Å². The first-order valence-corrected chi connectivity index (χ1v) is 7.07. The van der Waals surface area contributed by atoms with Gasteiger partial charge in [0.25, 0.3) is 0 Å². The zero-order valence-corrected chi connectivity index (χ0v) is 13.3. The average Bonchev–Trinajstić information content (AvgIpc) is 2.53. The van der Waals surface area contributed by atoms with Gasteiger partial charge in [0.1, 0.15) is 0 Å². The summed E-state index contributed by atoms with van der Waals surface area (Å²) in [5, 5.41) is 9.35. The first-order chi connectivity index (χ1) is 10.2. The minimum absolute atomic E-state index is 0.592. The third-order valence-electron chi connectivity index (χ3n) is 2.99. The zero-order valence-electron chi connectivity index (χ0n) is 11.8. The molecule has 3 nitrogen and oxygen atoms in total. The van der Waals surface area contributed by atoms with Gasteiger partial charge in [-0.2, -0.15) is 5.26 Å². The number of hydrogen-bond donors (Lipinski definition) is 0. The SMILES string of the molecule is COc1ccc(/C=C(\C#N)c2ccc(Br)cc2)cc1OC. The molecule has 0 N–H and O–H groups in total. The summed E-state index contributed by atoms with van der Waals surface area (Å²) in [6.07, 6.45) is 1.82. The van der Waals surface area contributed by atoms with Crippen molar-refractivity contribution in [3.63, 3.8) is 0 Å². The number of nitriles is 1. The lowest BCUT2D eigenvalue weighted by Gasteiger charge is -2.08. The number of ether oxygens (including phenoxy) is 2. The van der Waals surface area contributed by atoms with Gasteiger partial charge in [0.05, 0.1) is 25.9 Å². The monoisotopic (exact) mass is 343 g/mol. The summed E-state index contributed by atoms with van der Waals surface area (Å²) in [4.78, 5) is 0. The van der Waals surface area contributed by atoms with Crippen LogP contribution in [0.3, 0.4) is 0 Å². The Hall–Kier alpha value is -2.25. The number of halogens is 1. The zero-order chi connectivity index (χ0) is 15.2. The van der Waals surface area contributed by atoms with Crippen LogP contribution in [0.4, 0.5) is 0 Å². The van der Waals surface area contributed by atoms with Crippen LogP contribution in [-0.2, 0) is 0 Å². The van der Waals surface area contributed by atoms with E-state index < -0.39 is 0 Å². The van der Waals surface area contributed by atoms with Crippen molar-refractivity contribution in [1.29, 1.82) is 5.26 Å². The molecular weight excluding hydrogens is 330 g/mol. The number of allylic oxidation sites excluding steroid dienone is 1. The van der Waals surface area contributed by atoms with Gasteiger partial charge < -0.3 is 9.47 Å². The molecule has 0 aliphatic rings. The fraction of sp³-hybridized carbons (Fsp3) is 0.118. The van der Waals surface area contributed by atoms with E-state index in [9.17, 15) is 5.26 Å². The summed E-state index contributed by atoms with van der Waals surface area (Å²) in [7, 11) is 3.18. The van der Waals surface area contributed by atoms with Crippen LogP contribution in [-0.4, -0.2) is 14.2 Å². The third-order valence-corrected chi connectivity index (χ3v) is 3.52. The Morgan fingerprint density at radius 1 is 1.05 bits per heavy atom. The molecule has 0 aromatic heterocycles. The first-order valence-electron chi connectivity index (χ1n) is 6.27. The molecule has 4 heteroatoms. The molecule has 0 amide bonds. The van der Waals surface area contributed by atoms with E-state index in [0.29, 0.717) is 17.1 Å². The van der Waals surface area contributed by atoms with Gasteiger partial charge in [0, 0.05) is 4.47 Å². The fourth-order valence-electron chi connectivity index (χ4n) is 1.92. The molecule has 106 valence electrons. The third kappa shape index (κ3) is 3.65. The lowest BCUT2D eigenvalue weighted by atomic mass is 10.0. The van der Waals surface area contributed by atoms with Gasteiger partial charge in [0.2, 0.25) is 0 Å². The first kappa shape index (κ1) is 15.1. The second-order valence-corrected chi connectivity index (χ2v) is 5.21. The van der Waals surface area contributed by atoms with Crippen LogP contribution in [0.5, 0.6) is 11.5 Å². The van der Waals surface area contributed by atoms with E-state index in [-0.39, 0.29) is 0 Å². The van der Waals surface area contributed by atoms with E-state index in [2.05, 4.69) is 22.0 Å². The van der Waals surface area contributed by atoms with Crippen molar-refractivity contribution in [1.82, 2.24) is 0 Å². The molecule has 0 atom stereocenters. The Morgan fingerprint density at radius 3 is 2.29 bits per heavy atom. The molecule has 0 fully saturated rings. The molecule has 0 unspecified atom stereocenters. The van der Waals surface area contributed by atoms with Crippen molar-refractivity contribution in [2.24, 2.45) is 0 Å². The van der Waals surface area contributed by atoms with Gasteiger partial charge in [0.15, 0.2) is 11.5 Å². The Bertz CT molecular complexity index is 700. The van der Waals surface area contributed by atoms with E-state index in [1.807, 2.05) is 48.5 Å². The van der Waals surface area contributed by atoms with E-state index in [0.717, 1.165) is 15.6 Å². The van der Waals surface area contributed by atoms with Crippen molar-refractivity contribution < 1.29 is 9.47 Å². The van der Waals surface area contributed by atoms with Crippen LogP contribution in [0.2, 0.25) is 0 Å². The molecule has 2 aromatic carbocycles. The number of benzene rings is 2. The van der Waals surface area contributed by atoms with E-state index >= 15 is 0 Å². The highest BCUT2D eigenvalue weighted by Gasteiger charge is 2.05. The average molecular weight is 344 g/mol. The summed E-state index contributed by atoms with van der Waals surface area (Å²) in [6.45, 7) is 0.